The number of carbonyl (C=O) groups is 1. The summed E-state index contributed by atoms with van der Waals surface area (Å²) in [5.41, 5.74) is 6.59. The molecule has 43 heavy (non-hydrogen) atoms. The SMILES string of the molecule is CC(C)c1ccccc1N1C(=O)CS/C1=N\C(=S)N/N=C/c1ccc(-c2ncn(-c3ccc(OC(F)(F)F)cc3)n2)cc1. The van der Waals surface area contributed by atoms with Gasteiger partial charge < -0.3 is 4.74 Å². The first-order valence-electron chi connectivity index (χ1n) is 12.9. The van der Waals surface area contributed by atoms with Crippen LogP contribution in [0, 0.1) is 0 Å². The molecule has 0 spiro atoms. The second-order valence-corrected chi connectivity index (χ2v) is 10.8. The largest absolute Gasteiger partial charge is 0.573 e. The number of hydrazone groups is 1. The van der Waals surface area contributed by atoms with Crippen molar-refractivity contribution in [1.82, 2.24) is 20.2 Å². The number of thiocarbonyl (C=S) groups is 1. The van der Waals surface area contributed by atoms with Gasteiger partial charge in [-0.05, 0) is 59.6 Å². The molecule has 0 unspecified atom stereocenters. The summed E-state index contributed by atoms with van der Waals surface area (Å²) in [5, 5.41) is 9.18. The number of nitrogens with zero attached hydrogens (tertiary/aromatic N) is 6. The number of amides is 1. The molecular weight excluding hydrogens is 599 g/mol. The average molecular weight is 624 g/mol. The van der Waals surface area contributed by atoms with Gasteiger partial charge in [-0.1, -0.05) is 68.1 Å². The number of thioether (sulfide) groups is 1. The van der Waals surface area contributed by atoms with Crippen LogP contribution in [0.1, 0.15) is 30.9 Å². The van der Waals surface area contributed by atoms with Gasteiger partial charge >= 0.3 is 6.36 Å². The summed E-state index contributed by atoms with van der Waals surface area (Å²) >= 11 is 6.67. The van der Waals surface area contributed by atoms with Crippen LogP contribution in [0.15, 0.2) is 89.2 Å². The van der Waals surface area contributed by atoms with Crippen LogP contribution in [0.3, 0.4) is 0 Å². The van der Waals surface area contributed by atoms with Crippen molar-refractivity contribution in [2.75, 3.05) is 10.7 Å². The van der Waals surface area contributed by atoms with Crippen molar-refractivity contribution in [2.24, 2.45) is 10.1 Å². The van der Waals surface area contributed by atoms with Crippen molar-refractivity contribution < 1.29 is 22.7 Å². The Labute approximate surface area is 254 Å². The molecule has 0 aliphatic carbocycles. The van der Waals surface area contributed by atoms with E-state index >= 15 is 0 Å². The lowest BCUT2D eigenvalue weighted by Crippen LogP contribution is -2.31. The Balaban J connectivity index is 1.21. The lowest BCUT2D eigenvalue weighted by Gasteiger charge is -2.21. The van der Waals surface area contributed by atoms with E-state index in [1.54, 1.807) is 11.1 Å². The van der Waals surface area contributed by atoms with Gasteiger partial charge in [-0.25, -0.2) is 9.67 Å². The lowest BCUT2D eigenvalue weighted by atomic mass is 10.0. The van der Waals surface area contributed by atoms with Crippen LogP contribution in [0.5, 0.6) is 5.75 Å². The Morgan fingerprint density at radius 3 is 2.51 bits per heavy atom. The highest BCUT2D eigenvalue weighted by molar-refractivity contribution is 8.15. The Kier molecular flexibility index (Phi) is 8.87. The molecular formula is C29H24F3N7O2S2. The fourth-order valence-electron chi connectivity index (χ4n) is 4.17. The van der Waals surface area contributed by atoms with Gasteiger partial charge in [0, 0.05) is 5.56 Å². The van der Waals surface area contributed by atoms with E-state index in [9.17, 15) is 18.0 Å². The van der Waals surface area contributed by atoms with Gasteiger partial charge in [0.05, 0.1) is 23.3 Å². The third kappa shape index (κ3) is 7.45. The molecule has 1 aromatic heterocycles. The number of rotatable bonds is 7. The maximum atomic E-state index is 12.7. The number of aromatic nitrogens is 3. The number of hydrogen-bond acceptors (Lipinski definition) is 7. The molecule has 3 aromatic carbocycles. The molecule has 4 aromatic rings. The molecule has 1 aliphatic heterocycles. The minimum atomic E-state index is -4.76. The standard InChI is InChI=1S/C29H24F3N7O2S2/c1-18(2)23-5-3-4-6-24(23)39-25(40)16-43-28(39)35-27(42)36-34-15-19-7-9-20(10-8-19)26-33-17-38(37-26)21-11-13-22(14-12-21)41-29(30,31)32/h3-15,17-18H,16H2,1-2H3,(H,36,42)/b34-15+,35-28-. The number of para-hydroxylation sites is 1. The first kappa shape index (κ1) is 29.9. The van der Waals surface area contributed by atoms with E-state index in [0.717, 1.165) is 22.4 Å². The molecule has 1 amide bonds. The van der Waals surface area contributed by atoms with Crippen LogP contribution in [0.4, 0.5) is 18.9 Å². The highest BCUT2D eigenvalue weighted by Crippen LogP contribution is 2.33. The number of alkyl halides is 3. The maximum Gasteiger partial charge on any atom is 0.573 e. The van der Waals surface area contributed by atoms with Crippen molar-refractivity contribution in [2.45, 2.75) is 26.1 Å². The van der Waals surface area contributed by atoms with Crippen LogP contribution < -0.4 is 15.1 Å². The zero-order chi connectivity index (χ0) is 30.6. The van der Waals surface area contributed by atoms with Gasteiger partial charge in [-0.2, -0.15) is 10.1 Å². The fourth-order valence-corrected chi connectivity index (χ4v) is 5.24. The fraction of sp³-hybridized carbons (Fsp3) is 0.172. The topological polar surface area (TPSA) is 97.0 Å². The first-order valence-corrected chi connectivity index (χ1v) is 14.3. The number of aliphatic imine (C=N–C) groups is 1. The van der Waals surface area contributed by atoms with Gasteiger partial charge in [0.15, 0.2) is 11.0 Å². The van der Waals surface area contributed by atoms with Gasteiger partial charge in [0.1, 0.15) is 12.1 Å². The summed E-state index contributed by atoms with van der Waals surface area (Å²) in [4.78, 5) is 23.0. The number of ether oxygens (including phenoxy) is 1. The van der Waals surface area contributed by atoms with Crippen molar-refractivity contribution in [3.63, 3.8) is 0 Å². The quantitative estimate of drug-likeness (QED) is 0.147. The molecule has 1 aliphatic rings. The first-order chi connectivity index (χ1) is 20.6. The molecule has 5 rings (SSSR count). The van der Waals surface area contributed by atoms with Crippen molar-refractivity contribution in [3.8, 4) is 22.8 Å². The van der Waals surface area contributed by atoms with E-state index in [-0.39, 0.29) is 28.4 Å². The summed E-state index contributed by atoms with van der Waals surface area (Å²) in [5.74, 6) is 0.557. The van der Waals surface area contributed by atoms with Gasteiger partial charge in [-0.15, -0.1) is 18.3 Å². The normalized spacial score (nSPS) is 14.7. The van der Waals surface area contributed by atoms with E-state index in [1.807, 2.05) is 48.5 Å². The van der Waals surface area contributed by atoms with Gasteiger partial charge in [0.25, 0.3) is 0 Å². The molecule has 9 nitrogen and oxygen atoms in total. The van der Waals surface area contributed by atoms with Crippen LogP contribution in [0.25, 0.3) is 17.1 Å². The Morgan fingerprint density at radius 1 is 1.09 bits per heavy atom. The molecule has 14 heteroatoms. The second kappa shape index (κ2) is 12.8. The molecule has 0 atom stereocenters. The summed E-state index contributed by atoms with van der Waals surface area (Å²) in [7, 11) is 0. The number of hydrogen-bond donors (Lipinski definition) is 1. The monoisotopic (exact) mass is 623 g/mol. The minimum absolute atomic E-state index is 0.0593. The third-order valence-electron chi connectivity index (χ3n) is 6.13. The molecule has 1 saturated heterocycles. The Hall–Kier alpha value is -4.56. The van der Waals surface area contributed by atoms with Gasteiger partial charge in [-0.3, -0.25) is 15.1 Å². The summed E-state index contributed by atoms with van der Waals surface area (Å²) in [6, 6.07) is 20.3. The minimum Gasteiger partial charge on any atom is -0.406 e. The lowest BCUT2D eigenvalue weighted by molar-refractivity contribution is -0.274. The van der Waals surface area contributed by atoms with Crippen LogP contribution in [-0.4, -0.2) is 49.3 Å². The van der Waals surface area contributed by atoms with Crippen molar-refractivity contribution in [1.29, 1.82) is 0 Å². The highest BCUT2D eigenvalue weighted by atomic mass is 32.2. The van der Waals surface area contributed by atoms with E-state index in [4.69, 9.17) is 12.2 Å². The second-order valence-electron chi connectivity index (χ2n) is 9.48. The number of halogens is 3. The average Bonchev–Trinajstić information content (AvgIpc) is 3.60. The van der Waals surface area contributed by atoms with Crippen LogP contribution in [0.2, 0.25) is 0 Å². The molecule has 0 bridgehead atoms. The molecule has 0 radical (unpaired) electrons. The molecule has 220 valence electrons. The number of amidine groups is 1. The van der Waals surface area contributed by atoms with E-state index in [0.29, 0.717) is 16.7 Å². The van der Waals surface area contributed by atoms with Crippen molar-refractivity contribution >= 4 is 52.1 Å². The molecule has 1 fully saturated rings. The third-order valence-corrected chi connectivity index (χ3v) is 7.24. The molecule has 0 saturated carbocycles. The van der Waals surface area contributed by atoms with Crippen LogP contribution >= 0.6 is 24.0 Å². The number of carbonyl (C=O) groups excluding carboxylic acids is 1. The zero-order valence-electron chi connectivity index (χ0n) is 22.8. The van der Waals surface area contributed by atoms with Crippen molar-refractivity contribution in [3.05, 3.63) is 90.3 Å². The zero-order valence-corrected chi connectivity index (χ0v) is 24.5. The summed E-state index contributed by atoms with van der Waals surface area (Å²) < 4.78 is 42.5. The highest BCUT2D eigenvalue weighted by Gasteiger charge is 2.32. The predicted molar refractivity (Wildman–Crippen MR) is 165 cm³/mol. The van der Waals surface area contributed by atoms with Crippen LogP contribution in [-0.2, 0) is 4.79 Å². The van der Waals surface area contributed by atoms with E-state index < -0.39 is 6.36 Å². The Morgan fingerprint density at radius 2 is 1.81 bits per heavy atom. The van der Waals surface area contributed by atoms with E-state index in [2.05, 4.69) is 44.2 Å². The summed E-state index contributed by atoms with van der Waals surface area (Å²) in [6.45, 7) is 4.14. The van der Waals surface area contributed by atoms with Gasteiger partial charge in [0.2, 0.25) is 11.0 Å². The smallest absolute Gasteiger partial charge is 0.406 e. The maximum absolute atomic E-state index is 12.7. The molecule has 1 N–H and O–H groups in total. The number of benzene rings is 3. The Bertz CT molecular complexity index is 1690. The van der Waals surface area contributed by atoms with E-state index in [1.165, 1.54) is 47.0 Å². The number of nitrogens with one attached hydrogen (secondary N) is 1. The molecule has 2 heterocycles. The number of anilines is 1. The summed E-state index contributed by atoms with van der Waals surface area (Å²) in [6.07, 6.45) is -1.71. The predicted octanol–water partition coefficient (Wildman–Crippen LogP) is 6.30.